The van der Waals surface area contributed by atoms with Gasteiger partial charge in [0.1, 0.15) is 17.1 Å². The van der Waals surface area contributed by atoms with Crippen molar-refractivity contribution in [3.8, 4) is 0 Å². The van der Waals surface area contributed by atoms with Crippen LogP contribution in [0.1, 0.15) is 44.1 Å². The van der Waals surface area contributed by atoms with E-state index in [2.05, 4.69) is 5.32 Å². The summed E-state index contributed by atoms with van der Waals surface area (Å²) in [6, 6.07) is 3.32. The van der Waals surface area contributed by atoms with E-state index < -0.39 is 11.5 Å². The number of carbonyl (C=O) groups excluding carboxylic acids is 1. The maximum atomic E-state index is 12.4. The fraction of sp³-hybridized carbons (Fsp3) is 0.600. The van der Waals surface area contributed by atoms with Crippen LogP contribution in [-0.4, -0.2) is 34.1 Å². The van der Waals surface area contributed by atoms with Gasteiger partial charge in [0.25, 0.3) is 0 Å². The highest BCUT2D eigenvalue weighted by molar-refractivity contribution is 5.86. The van der Waals surface area contributed by atoms with E-state index in [1.54, 1.807) is 4.90 Å². The summed E-state index contributed by atoms with van der Waals surface area (Å²) in [6.45, 7) is 4.53. The molecule has 1 aromatic rings. The van der Waals surface area contributed by atoms with Crippen molar-refractivity contribution in [2.24, 2.45) is 0 Å². The average molecular weight is 294 g/mol. The van der Waals surface area contributed by atoms with Gasteiger partial charge in [0.2, 0.25) is 0 Å². The number of carboxylic acids is 1. The van der Waals surface area contributed by atoms with Crippen LogP contribution >= 0.6 is 0 Å². The van der Waals surface area contributed by atoms with Crippen LogP contribution in [0.25, 0.3) is 0 Å². The summed E-state index contributed by atoms with van der Waals surface area (Å²) in [7, 11) is 0. The molecule has 2 N–H and O–H groups in total. The lowest BCUT2D eigenvalue weighted by Crippen LogP contribution is -2.56. The Morgan fingerprint density at radius 2 is 2.05 bits per heavy atom. The molecule has 0 radical (unpaired) electrons. The molecule has 1 aliphatic carbocycles. The molecule has 0 bridgehead atoms. The molecule has 0 saturated heterocycles. The van der Waals surface area contributed by atoms with E-state index in [0.29, 0.717) is 31.7 Å². The Morgan fingerprint density at radius 1 is 1.38 bits per heavy atom. The molecule has 0 spiro atoms. The minimum atomic E-state index is -1.11. The SMILES string of the molecule is CCN(Cc1ccc(C)o1)C(=O)NC1(C(=O)O)CCCC1. The van der Waals surface area contributed by atoms with Gasteiger partial charge in [-0.3, -0.25) is 0 Å². The molecule has 1 aliphatic rings. The molecular formula is C15H22N2O4. The molecular weight excluding hydrogens is 272 g/mol. The van der Waals surface area contributed by atoms with Gasteiger partial charge in [-0.2, -0.15) is 0 Å². The first-order valence-corrected chi connectivity index (χ1v) is 7.32. The third kappa shape index (κ3) is 3.37. The average Bonchev–Trinajstić information content (AvgIpc) is 3.06. The monoisotopic (exact) mass is 294 g/mol. The highest BCUT2D eigenvalue weighted by Crippen LogP contribution is 2.30. The Bertz CT molecular complexity index is 517. The largest absolute Gasteiger partial charge is 0.480 e. The summed E-state index contributed by atoms with van der Waals surface area (Å²) in [4.78, 5) is 25.4. The van der Waals surface area contributed by atoms with E-state index in [1.165, 1.54) is 0 Å². The number of carbonyl (C=O) groups is 2. The normalized spacial score (nSPS) is 16.7. The first-order valence-electron chi connectivity index (χ1n) is 7.32. The van der Waals surface area contributed by atoms with Gasteiger partial charge in [-0.25, -0.2) is 9.59 Å². The summed E-state index contributed by atoms with van der Waals surface area (Å²) < 4.78 is 5.47. The second-order valence-corrected chi connectivity index (χ2v) is 5.55. The van der Waals surface area contributed by atoms with Crippen LogP contribution in [0, 0.1) is 6.92 Å². The Morgan fingerprint density at radius 3 is 2.52 bits per heavy atom. The quantitative estimate of drug-likeness (QED) is 0.874. The number of hydrogen-bond donors (Lipinski definition) is 2. The van der Waals surface area contributed by atoms with Gasteiger partial charge >= 0.3 is 12.0 Å². The van der Waals surface area contributed by atoms with Crippen molar-refractivity contribution in [1.29, 1.82) is 0 Å². The molecule has 2 amide bonds. The minimum absolute atomic E-state index is 0.339. The standard InChI is InChI=1S/C15H22N2O4/c1-3-17(10-12-7-6-11(2)21-12)14(20)16-15(13(18)19)8-4-5-9-15/h6-7H,3-5,8-10H2,1-2H3,(H,16,20)(H,18,19). The number of aryl methyl sites for hydroxylation is 1. The summed E-state index contributed by atoms with van der Waals surface area (Å²) in [5.74, 6) is 0.540. The minimum Gasteiger partial charge on any atom is -0.480 e. The predicted octanol–water partition coefficient (Wildman–Crippen LogP) is 2.52. The van der Waals surface area contributed by atoms with Crippen molar-refractivity contribution in [2.45, 2.75) is 51.6 Å². The zero-order valence-electron chi connectivity index (χ0n) is 12.5. The molecule has 21 heavy (non-hydrogen) atoms. The number of aliphatic carboxylic acids is 1. The zero-order chi connectivity index (χ0) is 15.5. The third-order valence-electron chi connectivity index (χ3n) is 4.02. The lowest BCUT2D eigenvalue weighted by molar-refractivity contribution is -0.144. The van der Waals surface area contributed by atoms with Gasteiger partial charge in [0.05, 0.1) is 6.54 Å². The van der Waals surface area contributed by atoms with E-state index in [4.69, 9.17) is 4.42 Å². The van der Waals surface area contributed by atoms with Crippen molar-refractivity contribution < 1.29 is 19.1 Å². The number of amides is 2. The number of urea groups is 1. The van der Waals surface area contributed by atoms with Gasteiger partial charge in [0, 0.05) is 6.54 Å². The van der Waals surface area contributed by atoms with Crippen LogP contribution in [0.2, 0.25) is 0 Å². The van der Waals surface area contributed by atoms with Crippen LogP contribution in [0.15, 0.2) is 16.5 Å². The lowest BCUT2D eigenvalue weighted by Gasteiger charge is -2.29. The lowest BCUT2D eigenvalue weighted by atomic mass is 9.98. The van der Waals surface area contributed by atoms with Crippen molar-refractivity contribution in [1.82, 2.24) is 10.2 Å². The Hall–Kier alpha value is -1.98. The van der Waals surface area contributed by atoms with Crippen molar-refractivity contribution >= 4 is 12.0 Å². The second kappa shape index (κ2) is 6.20. The molecule has 2 rings (SSSR count). The predicted molar refractivity (Wildman–Crippen MR) is 76.9 cm³/mol. The Balaban J connectivity index is 2.04. The highest BCUT2D eigenvalue weighted by Gasteiger charge is 2.43. The van der Waals surface area contributed by atoms with Gasteiger partial charge in [-0.15, -0.1) is 0 Å². The molecule has 1 heterocycles. The molecule has 116 valence electrons. The summed E-state index contributed by atoms with van der Waals surface area (Å²) in [6.07, 6.45) is 2.64. The molecule has 1 aromatic heterocycles. The number of furan rings is 1. The van der Waals surface area contributed by atoms with Gasteiger partial charge in [-0.1, -0.05) is 12.8 Å². The fourth-order valence-corrected chi connectivity index (χ4v) is 2.74. The highest BCUT2D eigenvalue weighted by atomic mass is 16.4. The summed E-state index contributed by atoms with van der Waals surface area (Å²) in [5.41, 5.74) is -1.11. The number of nitrogens with zero attached hydrogens (tertiary/aromatic N) is 1. The van der Waals surface area contributed by atoms with Gasteiger partial charge in [-0.05, 0) is 38.8 Å². The van der Waals surface area contributed by atoms with E-state index in [0.717, 1.165) is 18.6 Å². The fourth-order valence-electron chi connectivity index (χ4n) is 2.74. The molecule has 6 nitrogen and oxygen atoms in total. The van der Waals surface area contributed by atoms with E-state index in [-0.39, 0.29) is 6.03 Å². The number of rotatable bonds is 5. The van der Waals surface area contributed by atoms with Crippen LogP contribution in [0.5, 0.6) is 0 Å². The number of nitrogens with one attached hydrogen (secondary N) is 1. The molecule has 0 aliphatic heterocycles. The van der Waals surface area contributed by atoms with Crippen LogP contribution in [0.3, 0.4) is 0 Å². The van der Waals surface area contributed by atoms with Gasteiger partial charge in [0.15, 0.2) is 0 Å². The molecule has 0 atom stereocenters. The molecule has 0 aromatic carbocycles. The first kappa shape index (κ1) is 15.4. The van der Waals surface area contributed by atoms with Crippen LogP contribution in [0.4, 0.5) is 4.79 Å². The topological polar surface area (TPSA) is 82.8 Å². The van der Waals surface area contributed by atoms with E-state index in [9.17, 15) is 14.7 Å². The third-order valence-corrected chi connectivity index (χ3v) is 4.02. The first-order chi connectivity index (χ1) is 9.97. The Labute approximate surface area is 124 Å². The summed E-state index contributed by atoms with van der Waals surface area (Å²) >= 11 is 0. The molecule has 1 saturated carbocycles. The number of carboxylic acid groups (broad SMARTS) is 1. The van der Waals surface area contributed by atoms with E-state index in [1.807, 2.05) is 26.0 Å². The Kier molecular flexibility index (Phi) is 4.55. The molecule has 6 heteroatoms. The maximum absolute atomic E-state index is 12.4. The zero-order valence-corrected chi connectivity index (χ0v) is 12.5. The van der Waals surface area contributed by atoms with Crippen molar-refractivity contribution in [2.75, 3.05) is 6.54 Å². The smallest absolute Gasteiger partial charge is 0.329 e. The van der Waals surface area contributed by atoms with Gasteiger partial charge < -0.3 is 19.7 Å². The van der Waals surface area contributed by atoms with Crippen molar-refractivity contribution in [3.05, 3.63) is 23.7 Å². The van der Waals surface area contributed by atoms with Crippen LogP contribution < -0.4 is 5.32 Å². The van der Waals surface area contributed by atoms with Crippen LogP contribution in [-0.2, 0) is 11.3 Å². The van der Waals surface area contributed by atoms with Crippen molar-refractivity contribution in [3.63, 3.8) is 0 Å². The molecule has 1 fully saturated rings. The number of hydrogen-bond acceptors (Lipinski definition) is 3. The summed E-state index contributed by atoms with van der Waals surface area (Å²) in [5, 5.41) is 12.1. The maximum Gasteiger partial charge on any atom is 0.329 e. The molecule has 0 unspecified atom stereocenters. The van der Waals surface area contributed by atoms with E-state index >= 15 is 0 Å². The second-order valence-electron chi connectivity index (χ2n) is 5.55.